The molecule has 0 aromatic heterocycles. The molecule has 9 N–H and O–H groups in total. The second-order valence-corrected chi connectivity index (χ2v) is 8.09. The third-order valence-corrected chi connectivity index (χ3v) is 5.33. The number of aliphatic carboxylic acids is 2. The van der Waals surface area contributed by atoms with E-state index in [4.69, 9.17) is 10.8 Å². The Morgan fingerprint density at radius 1 is 0.914 bits per heavy atom. The van der Waals surface area contributed by atoms with Crippen molar-refractivity contribution < 1.29 is 44.4 Å². The summed E-state index contributed by atoms with van der Waals surface area (Å²) in [5, 5.41) is 43.9. The van der Waals surface area contributed by atoms with Crippen LogP contribution in [0.1, 0.15) is 32.3 Å². The average Bonchev–Trinajstić information content (AvgIpc) is 2.80. The Hall–Kier alpha value is -3.71. The van der Waals surface area contributed by atoms with Crippen molar-refractivity contribution in [3.05, 3.63) is 29.8 Å². The number of carboxylic acid groups (broad SMARTS) is 2. The van der Waals surface area contributed by atoms with Crippen LogP contribution in [0, 0.1) is 5.92 Å². The number of aliphatic hydroxyl groups excluding tert-OH is 1. The first-order chi connectivity index (χ1) is 16.4. The van der Waals surface area contributed by atoms with E-state index in [0.717, 1.165) is 0 Å². The molecule has 5 atom stereocenters. The van der Waals surface area contributed by atoms with Crippen molar-refractivity contribution >= 4 is 29.7 Å². The summed E-state index contributed by atoms with van der Waals surface area (Å²) in [4.78, 5) is 60.2. The second kappa shape index (κ2) is 13.9. The molecule has 0 aliphatic carbocycles. The van der Waals surface area contributed by atoms with E-state index < -0.39 is 72.8 Å². The molecule has 0 fully saturated rings. The number of nitrogens with one attached hydrogen (secondary N) is 3. The predicted molar refractivity (Wildman–Crippen MR) is 122 cm³/mol. The monoisotopic (exact) mass is 496 g/mol. The van der Waals surface area contributed by atoms with Gasteiger partial charge in [-0.3, -0.25) is 19.2 Å². The fourth-order valence-electron chi connectivity index (χ4n) is 3.04. The lowest BCUT2D eigenvalue weighted by Crippen LogP contribution is -2.59. The van der Waals surface area contributed by atoms with Crippen LogP contribution in [0.4, 0.5) is 0 Å². The van der Waals surface area contributed by atoms with Crippen molar-refractivity contribution in [1.82, 2.24) is 16.0 Å². The highest BCUT2D eigenvalue weighted by Gasteiger charge is 2.32. The van der Waals surface area contributed by atoms with E-state index >= 15 is 0 Å². The smallest absolute Gasteiger partial charge is 0.326 e. The number of aliphatic hydroxyl groups is 1. The predicted octanol–water partition coefficient (Wildman–Crippen LogP) is -1.69. The van der Waals surface area contributed by atoms with Gasteiger partial charge in [0.2, 0.25) is 17.7 Å². The molecule has 13 nitrogen and oxygen atoms in total. The van der Waals surface area contributed by atoms with Gasteiger partial charge in [0, 0.05) is 0 Å². The lowest BCUT2D eigenvalue weighted by atomic mass is 9.98. The molecule has 0 saturated heterocycles. The van der Waals surface area contributed by atoms with Crippen LogP contribution in [0.5, 0.6) is 5.75 Å². The van der Waals surface area contributed by atoms with Crippen molar-refractivity contribution in [2.45, 2.75) is 57.3 Å². The van der Waals surface area contributed by atoms with Crippen LogP contribution in [0.3, 0.4) is 0 Å². The fourth-order valence-corrected chi connectivity index (χ4v) is 3.04. The highest BCUT2D eigenvalue weighted by Crippen LogP contribution is 2.11. The minimum atomic E-state index is -1.66. The molecule has 0 aliphatic rings. The molecule has 5 unspecified atom stereocenters. The van der Waals surface area contributed by atoms with E-state index in [1.807, 2.05) is 0 Å². The highest BCUT2D eigenvalue weighted by molar-refractivity contribution is 5.95. The summed E-state index contributed by atoms with van der Waals surface area (Å²) in [5.41, 5.74) is 6.47. The number of rotatable bonds is 14. The third kappa shape index (κ3) is 9.59. The van der Waals surface area contributed by atoms with Crippen LogP contribution in [-0.4, -0.2) is 80.9 Å². The van der Waals surface area contributed by atoms with E-state index in [-0.39, 0.29) is 12.2 Å². The van der Waals surface area contributed by atoms with Crippen LogP contribution in [0.2, 0.25) is 0 Å². The number of carbonyl (C=O) groups excluding carboxylic acids is 3. The molecule has 1 aromatic rings. The van der Waals surface area contributed by atoms with Crippen LogP contribution < -0.4 is 21.7 Å². The second-order valence-electron chi connectivity index (χ2n) is 8.09. The first kappa shape index (κ1) is 29.3. The quantitative estimate of drug-likeness (QED) is 0.146. The van der Waals surface area contributed by atoms with Crippen molar-refractivity contribution in [2.75, 3.05) is 6.61 Å². The number of benzene rings is 1. The SMILES string of the molecule is CCC(C)C(NC(=O)C(CC(=O)O)NC(=O)C(CO)NC(=O)C(N)Cc1ccc(O)cc1)C(=O)O. The topological polar surface area (TPSA) is 228 Å². The van der Waals surface area contributed by atoms with Gasteiger partial charge in [0.05, 0.1) is 19.1 Å². The highest BCUT2D eigenvalue weighted by atomic mass is 16.4. The Kier molecular flexibility index (Phi) is 11.6. The Balaban J connectivity index is 2.86. The number of hydrogen-bond acceptors (Lipinski definition) is 8. The summed E-state index contributed by atoms with van der Waals surface area (Å²) in [6, 6.07) is 0.277. The summed E-state index contributed by atoms with van der Waals surface area (Å²) < 4.78 is 0. The van der Waals surface area contributed by atoms with E-state index in [9.17, 15) is 39.3 Å². The molecule has 0 radical (unpaired) electrons. The van der Waals surface area contributed by atoms with Crippen molar-refractivity contribution in [1.29, 1.82) is 0 Å². The number of aromatic hydroxyl groups is 1. The number of phenolic OH excluding ortho intramolecular Hbond substituents is 1. The molecule has 13 heteroatoms. The van der Waals surface area contributed by atoms with Gasteiger partial charge in [-0.25, -0.2) is 4.79 Å². The van der Waals surface area contributed by atoms with E-state index in [0.29, 0.717) is 12.0 Å². The van der Waals surface area contributed by atoms with Crippen LogP contribution in [0.15, 0.2) is 24.3 Å². The number of carboxylic acids is 2. The molecule has 35 heavy (non-hydrogen) atoms. The zero-order valence-corrected chi connectivity index (χ0v) is 19.4. The van der Waals surface area contributed by atoms with Crippen LogP contribution in [-0.2, 0) is 30.4 Å². The molecule has 0 spiro atoms. The lowest BCUT2D eigenvalue weighted by Gasteiger charge is -2.25. The molecule has 0 heterocycles. The summed E-state index contributed by atoms with van der Waals surface area (Å²) in [5.74, 6) is -6.11. The molecule has 0 aliphatic heterocycles. The van der Waals surface area contributed by atoms with Crippen LogP contribution >= 0.6 is 0 Å². The molecule has 3 amide bonds. The summed E-state index contributed by atoms with van der Waals surface area (Å²) in [6.45, 7) is 2.42. The Labute approximate surface area is 201 Å². The molecule has 1 aromatic carbocycles. The van der Waals surface area contributed by atoms with Gasteiger partial charge in [0.25, 0.3) is 0 Å². The normalized spacial score (nSPS) is 15.1. The van der Waals surface area contributed by atoms with Gasteiger partial charge in [-0.05, 0) is 30.0 Å². The largest absolute Gasteiger partial charge is 0.508 e. The zero-order chi connectivity index (χ0) is 26.7. The molecule has 1 rings (SSSR count). The Bertz CT molecular complexity index is 907. The Morgan fingerprint density at radius 3 is 1.94 bits per heavy atom. The number of phenols is 1. The van der Waals surface area contributed by atoms with E-state index in [2.05, 4.69) is 16.0 Å². The third-order valence-electron chi connectivity index (χ3n) is 5.33. The maximum atomic E-state index is 12.6. The van der Waals surface area contributed by atoms with Gasteiger partial charge in [-0.15, -0.1) is 0 Å². The maximum absolute atomic E-state index is 12.6. The van der Waals surface area contributed by atoms with E-state index in [1.165, 1.54) is 12.1 Å². The number of carbonyl (C=O) groups is 5. The Morgan fingerprint density at radius 2 is 1.46 bits per heavy atom. The molecular weight excluding hydrogens is 464 g/mol. The van der Waals surface area contributed by atoms with Gasteiger partial charge < -0.3 is 42.1 Å². The molecule has 0 bridgehead atoms. The molecule has 194 valence electrons. The number of amides is 3. The van der Waals surface area contributed by atoms with Crippen molar-refractivity contribution in [3.63, 3.8) is 0 Å². The molecule has 0 saturated carbocycles. The summed E-state index contributed by atoms with van der Waals surface area (Å²) in [7, 11) is 0. The first-order valence-corrected chi connectivity index (χ1v) is 10.9. The average molecular weight is 497 g/mol. The minimum Gasteiger partial charge on any atom is -0.508 e. The fraction of sp³-hybridized carbons (Fsp3) is 0.500. The summed E-state index contributed by atoms with van der Waals surface area (Å²) in [6.07, 6.45) is -0.394. The zero-order valence-electron chi connectivity index (χ0n) is 19.4. The number of hydrogen-bond donors (Lipinski definition) is 8. The first-order valence-electron chi connectivity index (χ1n) is 10.9. The number of nitrogens with two attached hydrogens (primary N) is 1. The molecular formula is C22H32N4O9. The maximum Gasteiger partial charge on any atom is 0.326 e. The van der Waals surface area contributed by atoms with E-state index in [1.54, 1.807) is 26.0 Å². The lowest BCUT2D eigenvalue weighted by molar-refractivity contribution is -0.144. The van der Waals surface area contributed by atoms with Crippen LogP contribution in [0.25, 0.3) is 0 Å². The van der Waals surface area contributed by atoms with Gasteiger partial charge in [0.1, 0.15) is 23.9 Å². The van der Waals surface area contributed by atoms with Gasteiger partial charge in [-0.2, -0.15) is 0 Å². The van der Waals surface area contributed by atoms with Gasteiger partial charge in [-0.1, -0.05) is 32.4 Å². The van der Waals surface area contributed by atoms with Gasteiger partial charge >= 0.3 is 11.9 Å². The van der Waals surface area contributed by atoms with Crippen molar-refractivity contribution in [2.24, 2.45) is 11.7 Å². The van der Waals surface area contributed by atoms with Crippen molar-refractivity contribution in [3.8, 4) is 5.75 Å². The summed E-state index contributed by atoms with van der Waals surface area (Å²) >= 11 is 0. The minimum absolute atomic E-state index is 0.0302. The standard InChI is InChI=1S/C22H32N4O9/c1-3-11(2)18(22(34)35)26-20(32)15(9-17(29)30)24-21(33)16(10-27)25-19(31)14(23)8-12-4-6-13(28)7-5-12/h4-7,11,14-16,18,27-28H,3,8-10,23H2,1-2H3,(H,24,33)(H,25,31)(H,26,32)(H,29,30)(H,34,35). The van der Waals surface area contributed by atoms with Gasteiger partial charge in [0.15, 0.2) is 0 Å².